The minimum absolute atomic E-state index is 0.0229. The van der Waals surface area contributed by atoms with Crippen LogP contribution in [0.2, 0.25) is 0 Å². The van der Waals surface area contributed by atoms with Crippen molar-refractivity contribution in [2.75, 3.05) is 0 Å². The van der Waals surface area contributed by atoms with Crippen LogP contribution >= 0.6 is 0 Å². The third kappa shape index (κ3) is 3.49. The summed E-state index contributed by atoms with van der Waals surface area (Å²) < 4.78 is 29.1. The zero-order valence-corrected chi connectivity index (χ0v) is 13.6. The number of carbonyl (C=O) groups excluding carboxylic acids is 1. The number of hydrogen-bond acceptors (Lipinski definition) is 5. The smallest absolute Gasteiger partial charge is 0.312 e. The lowest BCUT2D eigenvalue weighted by molar-refractivity contribution is -0.144. The number of nitrogens with zero attached hydrogens (tertiary/aromatic N) is 1. The van der Waals surface area contributed by atoms with Crippen LogP contribution in [0.5, 0.6) is 0 Å². The molecule has 26 heavy (non-hydrogen) atoms. The van der Waals surface area contributed by atoms with Gasteiger partial charge in [-0.15, -0.1) is 0 Å². The number of esters is 1. The fraction of sp³-hybridized carbons (Fsp3) is 0.100. The van der Waals surface area contributed by atoms with Gasteiger partial charge in [0.1, 0.15) is 30.0 Å². The zero-order chi connectivity index (χ0) is 17.9. The van der Waals surface area contributed by atoms with Gasteiger partial charge in [0.25, 0.3) is 0 Å². The number of ether oxygens (including phenoxy) is 1. The molecule has 2 heterocycles. The number of benzene rings is 2. The van der Waals surface area contributed by atoms with E-state index in [-0.39, 0.29) is 18.8 Å². The van der Waals surface area contributed by atoms with Crippen LogP contribution in [-0.4, -0.2) is 11.0 Å². The largest absolute Gasteiger partial charge is 0.457 e. The van der Waals surface area contributed by atoms with Crippen molar-refractivity contribution in [3.05, 3.63) is 78.1 Å². The van der Waals surface area contributed by atoms with Gasteiger partial charge in [-0.3, -0.25) is 4.79 Å². The Morgan fingerprint density at radius 1 is 1.12 bits per heavy atom. The van der Waals surface area contributed by atoms with Crippen LogP contribution in [0.3, 0.4) is 0 Å². The van der Waals surface area contributed by atoms with Gasteiger partial charge in [0.2, 0.25) is 5.89 Å². The first-order chi connectivity index (χ1) is 12.7. The Hall–Kier alpha value is -3.41. The molecule has 4 rings (SSSR count). The molecule has 0 amide bonds. The second-order valence-electron chi connectivity index (χ2n) is 5.74. The van der Waals surface area contributed by atoms with Gasteiger partial charge in [-0.05, 0) is 36.4 Å². The third-order valence-corrected chi connectivity index (χ3v) is 3.82. The van der Waals surface area contributed by atoms with Crippen molar-refractivity contribution in [2.24, 2.45) is 0 Å². The van der Waals surface area contributed by atoms with E-state index in [0.29, 0.717) is 22.9 Å². The molecule has 0 aliphatic rings. The van der Waals surface area contributed by atoms with E-state index in [9.17, 15) is 9.18 Å². The van der Waals surface area contributed by atoms with Crippen LogP contribution in [0.15, 0.2) is 69.7 Å². The monoisotopic (exact) mass is 351 g/mol. The molecule has 0 saturated heterocycles. The highest BCUT2D eigenvalue weighted by molar-refractivity contribution is 5.77. The molecule has 0 aliphatic heterocycles. The topological polar surface area (TPSA) is 65.5 Å². The van der Waals surface area contributed by atoms with Crippen molar-refractivity contribution >= 4 is 16.9 Å². The van der Waals surface area contributed by atoms with Gasteiger partial charge >= 0.3 is 5.97 Å². The van der Waals surface area contributed by atoms with E-state index in [4.69, 9.17) is 13.6 Å². The number of halogens is 1. The summed E-state index contributed by atoms with van der Waals surface area (Å²) >= 11 is 0. The van der Waals surface area contributed by atoms with E-state index < -0.39 is 5.97 Å². The number of rotatable bonds is 5. The summed E-state index contributed by atoms with van der Waals surface area (Å²) in [4.78, 5) is 16.2. The van der Waals surface area contributed by atoms with Crippen LogP contribution in [0, 0.1) is 5.82 Å². The van der Waals surface area contributed by atoms with E-state index in [1.54, 1.807) is 12.1 Å². The van der Waals surface area contributed by atoms with E-state index in [2.05, 4.69) is 4.98 Å². The third-order valence-electron chi connectivity index (χ3n) is 3.82. The predicted octanol–water partition coefficient (Wildman–Crippen LogP) is 4.51. The van der Waals surface area contributed by atoms with Crippen molar-refractivity contribution in [1.29, 1.82) is 0 Å². The highest BCUT2D eigenvalue weighted by Gasteiger charge is 2.13. The maximum Gasteiger partial charge on any atom is 0.312 e. The van der Waals surface area contributed by atoms with Crippen molar-refractivity contribution in [1.82, 2.24) is 4.98 Å². The molecule has 5 nitrogen and oxygen atoms in total. The molecule has 0 N–H and O–H groups in total. The molecule has 0 aliphatic carbocycles. The quantitative estimate of drug-likeness (QED) is 0.495. The molecule has 0 saturated carbocycles. The normalized spacial score (nSPS) is 11.0. The highest BCUT2D eigenvalue weighted by Crippen LogP contribution is 2.21. The van der Waals surface area contributed by atoms with Gasteiger partial charge in [0.15, 0.2) is 0 Å². The van der Waals surface area contributed by atoms with Gasteiger partial charge in [-0.1, -0.05) is 18.2 Å². The van der Waals surface area contributed by atoms with Crippen LogP contribution in [0.25, 0.3) is 22.4 Å². The minimum Gasteiger partial charge on any atom is -0.457 e. The maximum absolute atomic E-state index is 13.0. The van der Waals surface area contributed by atoms with Crippen LogP contribution in [0.1, 0.15) is 11.5 Å². The number of hydrogen-bond donors (Lipinski definition) is 0. The molecule has 0 bridgehead atoms. The molecule has 2 aromatic carbocycles. The first-order valence-electron chi connectivity index (χ1n) is 8.01. The van der Waals surface area contributed by atoms with E-state index in [1.807, 2.05) is 30.3 Å². The summed E-state index contributed by atoms with van der Waals surface area (Å²) in [6, 6.07) is 15.2. The van der Waals surface area contributed by atoms with Gasteiger partial charge in [-0.25, -0.2) is 9.37 Å². The second kappa shape index (κ2) is 6.84. The fourth-order valence-corrected chi connectivity index (χ4v) is 2.57. The van der Waals surface area contributed by atoms with Crippen LogP contribution in [-0.2, 0) is 22.6 Å². The lowest BCUT2D eigenvalue weighted by atomic mass is 10.2. The SMILES string of the molecule is O=C(Cc1coc(-c2ccc(F)cc2)n1)OCc1cc2ccccc2o1. The van der Waals surface area contributed by atoms with Crippen LogP contribution in [0.4, 0.5) is 4.39 Å². The molecule has 130 valence electrons. The summed E-state index contributed by atoms with van der Waals surface area (Å²) in [7, 11) is 0. The molecule has 0 unspecified atom stereocenters. The van der Waals surface area contributed by atoms with Crippen LogP contribution < -0.4 is 0 Å². The Morgan fingerprint density at radius 2 is 1.92 bits per heavy atom. The molecule has 4 aromatic rings. The standard InChI is InChI=1S/C20H14FNO4/c21-15-7-5-13(6-8-15)20-22-16(11-25-20)10-19(23)24-12-17-9-14-3-1-2-4-18(14)26-17/h1-9,11H,10,12H2. The Morgan fingerprint density at radius 3 is 2.73 bits per heavy atom. The molecular formula is C20H14FNO4. The van der Waals surface area contributed by atoms with E-state index >= 15 is 0 Å². The fourth-order valence-electron chi connectivity index (χ4n) is 2.57. The Labute approximate surface area is 148 Å². The highest BCUT2D eigenvalue weighted by atomic mass is 19.1. The molecule has 0 atom stereocenters. The second-order valence-corrected chi connectivity index (χ2v) is 5.74. The number of para-hydroxylation sites is 1. The number of carbonyl (C=O) groups is 1. The summed E-state index contributed by atoms with van der Waals surface area (Å²) in [6.45, 7) is 0.0518. The first-order valence-corrected chi connectivity index (χ1v) is 8.01. The molecule has 2 aromatic heterocycles. The first kappa shape index (κ1) is 16.1. The van der Waals surface area contributed by atoms with E-state index in [0.717, 1.165) is 11.0 Å². The Kier molecular flexibility index (Phi) is 4.23. The molecule has 0 fully saturated rings. The molecule has 6 heteroatoms. The van der Waals surface area contributed by atoms with Crippen molar-refractivity contribution < 1.29 is 22.8 Å². The number of oxazole rings is 1. The zero-order valence-electron chi connectivity index (χ0n) is 13.6. The number of furan rings is 1. The van der Waals surface area contributed by atoms with Gasteiger partial charge in [0.05, 0.1) is 12.1 Å². The average molecular weight is 351 g/mol. The molecular weight excluding hydrogens is 337 g/mol. The average Bonchev–Trinajstić information content (AvgIpc) is 3.27. The lowest BCUT2D eigenvalue weighted by Gasteiger charge is -2.00. The van der Waals surface area contributed by atoms with Gasteiger partial charge < -0.3 is 13.6 Å². The Bertz CT molecular complexity index is 1020. The van der Waals surface area contributed by atoms with Crippen molar-refractivity contribution in [3.63, 3.8) is 0 Å². The number of fused-ring (bicyclic) bond motifs is 1. The van der Waals surface area contributed by atoms with Gasteiger partial charge in [-0.2, -0.15) is 0 Å². The summed E-state index contributed by atoms with van der Waals surface area (Å²) in [6.07, 6.45) is 1.37. The number of aromatic nitrogens is 1. The maximum atomic E-state index is 13.0. The summed E-state index contributed by atoms with van der Waals surface area (Å²) in [5, 5.41) is 0.957. The predicted molar refractivity (Wildman–Crippen MR) is 91.6 cm³/mol. The van der Waals surface area contributed by atoms with E-state index in [1.165, 1.54) is 18.4 Å². The Balaban J connectivity index is 1.36. The molecule has 0 radical (unpaired) electrons. The molecule has 0 spiro atoms. The minimum atomic E-state index is -0.440. The van der Waals surface area contributed by atoms with Crippen molar-refractivity contribution in [3.8, 4) is 11.5 Å². The van der Waals surface area contributed by atoms with Crippen molar-refractivity contribution in [2.45, 2.75) is 13.0 Å². The lowest BCUT2D eigenvalue weighted by Crippen LogP contribution is -2.07. The summed E-state index contributed by atoms with van der Waals surface area (Å²) in [5.41, 5.74) is 1.83. The summed E-state index contributed by atoms with van der Waals surface area (Å²) in [5.74, 6) is 0.121. The van der Waals surface area contributed by atoms with Gasteiger partial charge in [0, 0.05) is 10.9 Å².